The van der Waals surface area contributed by atoms with E-state index in [4.69, 9.17) is 4.74 Å². The highest BCUT2D eigenvalue weighted by molar-refractivity contribution is 4.79. The van der Waals surface area contributed by atoms with Crippen LogP contribution in [0.5, 0.6) is 0 Å². The lowest BCUT2D eigenvalue weighted by atomic mass is 9.80. The third-order valence-corrected chi connectivity index (χ3v) is 3.53. The Kier molecular flexibility index (Phi) is 7.14. The first-order valence-corrected chi connectivity index (χ1v) is 7.39. The van der Waals surface area contributed by atoms with E-state index in [0.717, 1.165) is 44.1 Å². The van der Waals surface area contributed by atoms with E-state index in [2.05, 4.69) is 33.0 Å². The quantitative estimate of drug-likeness (QED) is 0.689. The van der Waals surface area contributed by atoms with Crippen molar-refractivity contribution in [3.8, 4) is 0 Å². The van der Waals surface area contributed by atoms with E-state index >= 15 is 0 Å². The van der Waals surface area contributed by atoms with Gasteiger partial charge in [0, 0.05) is 19.3 Å². The Morgan fingerprint density at radius 3 is 2.35 bits per heavy atom. The first-order chi connectivity index (χ1) is 8.08. The predicted octanol–water partition coefficient (Wildman–Crippen LogP) is 3.46. The molecule has 0 aromatic heterocycles. The summed E-state index contributed by atoms with van der Waals surface area (Å²) in [6.45, 7) is 12.1. The van der Waals surface area contributed by atoms with Crippen LogP contribution >= 0.6 is 0 Å². The molecule has 2 atom stereocenters. The molecule has 0 radical (unpaired) electrons. The first-order valence-electron chi connectivity index (χ1n) is 7.39. The van der Waals surface area contributed by atoms with Crippen molar-refractivity contribution < 1.29 is 4.74 Å². The Labute approximate surface area is 108 Å². The molecule has 0 aliphatic heterocycles. The third-order valence-electron chi connectivity index (χ3n) is 3.53. The van der Waals surface area contributed by atoms with Crippen molar-refractivity contribution in [2.75, 3.05) is 19.8 Å². The summed E-state index contributed by atoms with van der Waals surface area (Å²) in [6, 6.07) is 0.749. The van der Waals surface area contributed by atoms with E-state index in [0.29, 0.717) is 5.92 Å². The van der Waals surface area contributed by atoms with Gasteiger partial charge in [-0.05, 0) is 50.0 Å². The maximum Gasteiger partial charge on any atom is 0.0489 e. The molecule has 102 valence electrons. The summed E-state index contributed by atoms with van der Waals surface area (Å²) < 4.78 is 5.59. The number of hydrogen-bond donors (Lipinski definition) is 1. The summed E-state index contributed by atoms with van der Waals surface area (Å²) in [5.41, 5.74) is 0. The Balaban J connectivity index is 1.98. The van der Waals surface area contributed by atoms with Gasteiger partial charge in [0.25, 0.3) is 0 Å². The standard InChI is InChI=1S/C15H31NO/c1-12(2)11-17-7-5-6-16-15-9-13(3)8-14(4)10-15/h12-16H,5-11H2,1-4H3. The van der Waals surface area contributed by atoms with Gasteiger partial charge < -0.3 is 10.1 Å². The van der Waals surface area contributed by atoms with Crippen LogP contribution in [0.3, 0.4) is 0 Å². The molecule has 2 nitrogen and oxygen atoms in total. The van der Waals surface area contributed by atoms with Crippen molar-refractivity contribution in [3.05, 3.63) is 0 Å². The fourth-order valence-corrected chi connectivity index (χ4v) is 2.91. The number of nitrogens with one attached hydrogen (secondary N) is 1. The molecule has 1 aliphatic carbocycles. The molecule has 0 aromatic carbocycles. The lowest BCUT2D eigenvalue weighted by Gasteiger charge is -2.32. The van der Waals surface area contributed by atoms with Gasteiger partial charge in [-0.1, -0.05) is 27.7 Å². The number of ether oxygens (including phenoxy) is 1. The lowest BCUT2D eigenvalue weighted by molar-refractivity contribution is 0.106. The minimum atomic E-state index is 0.656. The van der Waals surface area contributed by atoms with Gasteiger partial charge in [0.05, 0.1) is 0 Å². The van der Waals surface area contributed by atoms with Gasteiger partial charge >= 0.3 is 0 Å². The zero-order valence-electron chi connectivity index (χ0n) is 12.2. The molecule has 0 bridgehead atoms. The molecule has 0 aromatic rings. The third kappa shape index (κ3) is 7.05. The summed E-state index contributed by atoms with van der Waals surface area (Å²) in [6.07, 6.45) is 5.27. The average molecular weight is 241 g/mol. The first kappa shape index (κ1) is 15.0. The molecule has 2 unspecified atom stereocenters. The van der Waals surface area contributed by atoms with Gasteiger partial charge in [-0.15, -0.1) is 0 Å². The van der Waals surface area contributed by atoms with Crippen LogP contribution < -0.4 is 5.32 Å². The van der Waals surface area contributed by atoms with E-state index < -0.39 is 0 Å². The van der Waals surface area contributed by atoms with Crippen LogP contribution in [-0.4, -0.2) is 25.8 Å². The van der Waals surface area contributed by atoms with Crippen LogP contribution in [-0.2, 0) is 4.74 Å². The second-order valence-corrected chi connectivity index (χ2v) is 6.39. The van der Waals surface area contributed by atoms with Crippen molar-refractivity contribution >= 4 is 0 Å². The van der Waals surface area contributed by atoms with Crippen molar-refractivity contribution in [1.29, 1.82) is 0 Å². The molecule has 0 amide bonds. The smallest absolute Gasteiger partial charge is 0.0489 e. The maximum absolute atomic E-state index is 5.59. The molecule has 0 spiro atoms. The normalized spacial score (nSPS) is 29.8. The van der Waals surface area contributed by atoms with E-state index in [1.54, 1.807) is 0 Å². The monoisotopic (exact) mass is 241 g/mol. The van der Waals surface area contributed by atoms with Crippen LogP contribution in [0.25, 0.3) is 0 Å². The topological polar surface area (TPSA) is 21.3 Å². The van der Waals surface area contributed by atoms with Gasteiger partial charge in [-0.2, -0.15) is 0 Å². The molecule has 0 saturated heterocycles. The van der Waals surface area contributed by atoms with Gasteiger partial charge in [0.1, 0.15) is 0 Å². The summed E-state index contributed by atoms with van der Waals surface area (Å²) in [5.74, 6) is 2.45. The average Bonchev–Trinajstić information content (AvgIpc) is 2.21. The van der Waals surface area contributed by atoms with E-state index in [1.807, 2.05) is 0 Å². The van der Waals surface area contributed by atoms with Crippen molar-refractivity contribution in [2.45, 2.75) is 59.4 Å². The van der Waals surface area contributed by atoms with Gasteiger partial charge in [0.2, 0.25) is 0 Å². The van der Waals surface area contributed by atoms with Gasteiger partial charge in [-0.3, -0.25) is 0 Å². The van der Waals surface area contributed by atoms with Crippen molar-refractivity contribution in [1.82, 2.24) is 5.32 Å². The Morgan fingerprint density at radius 2 is 1.76 bits per heavy atom. The molecule has 1 saturated carbocycles. The fourth-order valence-electron chi connectivity index (χ4n) is 2.91. The van der Waals surface area contributed by atoms with Crippen LogP contribution in [0, 0.1) is 17.8 Å². The molecule has 1 rings (SSSR count). The minimum Gasteiger partial charge on any atom is -0.381 e. The van der Waals surface area contributed by atoms with Crippen LogP contribution in [0.15, 0.2) is 0 Å². The lowest BCUT2D eigenvalue weighted by Crippen LogP contribution is -2.37. The molecule has 1 N–H and O–H groups in total. The highest BCUT2D eigenvalue weighted by atomic mass is 16.5. The molecule has 17 heavy (non-hydrogen) atoms. The Bertz CT molecular complexity index is 183. The van der Waals surface area contributed by atoms with Crippen LogP contribution in [0.1, 0.15) is 53.4 Å². The summed E-state index contributed by atoms with van der Waals surface area (Å²) in [5, 5.41) is 3.69. The highest BCUT2D eigenvalue weighted by Gasteiger charge is 2.22. The SMILES string of the molecule is CC(C)COCCCNC1CC(C)CC(C)C1. The zero-order chi connectivity index (χ0) is 12.7. The van der Waals surface area contributed by atoms with Crippen LogP contribution in [0.4, 0.5) is 0 Å². The minimum absolute atomic E-state index is 0.656. The molecular weight excluding hydrogens is 210 g/mol. The molecular formula is C15H31NO. The molecule has 0 heterocycles. The van der Waals surface area contributed by atoms with Gasteiger partial charge in [-0.25, -0.2) is 0 Å². The predicted molar refractivity (Wildman–Crippen MR) is 74.2 cm³/mol. The zero-order valence-corrected chi connectivity index (χ0v) is 12.2. The summed E-state index contributed by atoms with van der Waals surface area (Å²) >= 11 is 0. The van der Waals surface area contributed by atoms with E-state index in [1.165, 1.54) is 19.3 Å². The highest BCUT2D eigenvalue weighted by Crippen LogP contribution is 2.28. The van der Waals surface area contributed by atoms with Gasteiger partial charge in [0.15, 0.2) is 0 Å². The van der Waals surface area contributed by atoms with Crippen molar-refractivity contribution in [2.24, 2.45) is 17.8 Å². The summed E-state index contributed by atoms with van der Waals surface area (Å²) in [7, 11) is 0. The molecule has 2 heteroatoms. The number of rotatable bonds is 7. The Hall–Kier alpha value is -0.0800. The molecule has 1 fully saturated rings. The number of hydrogen-bond acceptors (Lipinski definition) is 2. The second-order valence-electron chi connectivity index (χ2n) is 6.39. The second kappa shape index (κ2) is 8.10. The fraction of sp³-hybridized carbons (Fsp3) is 1.00. The van der Waals surface area contributed by atoms with E-state index in [9.17, 15) is 0 Å². The van der Waals surface area contributed by atoms with Crippen molar-refractivity contribution in [3.63, 3.8) is 0 Å². The largest absolute Gasteiger partial charge is 0.381 e. The van der Waals surface area contributed by atoms with Crippen LogP contribution in [0.2, 0.25) is 0 Å². The maximum atomic E-state index is 5.59. The Morgan fingerprint density at radius 1 is 1.12 bits per heavy atom. The molecule has 1 aliphatic rings. The summed E-state index contributed by atoms with van der Waals surface area (Å²) in [4.78, 5) is 0. The van der Waals surface area contributed by atoms with E-state index in [-0.39, 0.29) is 0 Å².